The molecule has 0 aliphatic carbocycles. The van der Waals surface area contributed by atoms with Crippen molar-refractivity contribution in [1.82, 2.24) is 5.32 Å². The molecular formula is C20H21F3N2O3. The van der Waals surface area contributed by atoms with Crippen molar-refractivity contribution in [2.24, 2.45) is 5.41 Å². The number of anilines is 1. The van der Waals surface area contributed by atoms with Crippen molar-refractivity contribution in [2.75, 3.05) is 12.4 Å². The lowest BCUT2D eigenvalue weighted by Gasteiger charge is -2.24. The fourth-order valence-electron chi connectivity index (χ4n) is 2.47. The lowest BCUT2D eigenvalue weighted by atomic mass is 9.90. The largest absolute Gasteiger partial charge is 0.496 e. The Kier molecular flexibility index (Phi) is 6.33. The van der Waals surface area contributed by atoms with Gasteiger partial charge < -0.3 is 15.4 Å². The number of rotatable bonds is 6. The third kappa shape index (κ3) is 4.82. The number of alkyl halides is 3. The average molecular weight is 394 g/mol. The van der Waals surface area contributed by atoms with Gasteiger partial charge >= 0.3 is 6.18 Å². The molecular weight excluding hydrogens is 373 g/mol. The van der Waals surface area contributed by atoms with Crippen molar-refractivity contribution in [3.8, 4) is 5.75 Å². The average Bonchev–Trinajstić information content (AvgIpc) is 2.65. The van der Waals surface area contributed by atoms with E-state index in [0.717, 1.165) is 12.1 Å². The van der Waals surface area contributed by atoms with Crippen LogP contribution in [0.25, 0.3) is 0 Å². The van der Waals surface area contributed by atoms with Crippen LogP contribution in [0.4, 0.5) is 18.9 Å². The third-order valence-electron chi connectivity index (χ3n) is 4.25. The molecule has 2 aromatic carbocycles. The molecule has 2 aromatic rings. The maximum atomic E-state index is 13.1. The van der Waals surface area contributed by atoms with Crippen molar-refractivity contribution in [3.05, 3.63) is 59.7 Å². The van der Waals surface area contributed by atoms with Crippen molar-refractivity contribution in [1.29, 1.82) is 0 Å². The highest BCUT2D eigenvalue weighted by atomic mass is 19.4. The van der Waals surface area contributed by atoms with Gasteiger partial charge in [0.25, 0.3) is 0 Å². The molecule has 0 bridgehead atoms. The lowest BCUT2D eigenvalue weighted by molar-refractivity contribution is -0.138. The van der Waals surface area contributed by atoms with E-state index in [1.807, 2.05) is 0 Å². The normalized spacial score (nSPS) is 11.6. The van der Waals surface area contributed by atoms with Crippen LogP contribution in [0.2, 0.25) is 0 Å². The second kappa shape index (κ2) is 8.33. The number of hydrogen-bond acceptors (Lipinski definition) is 3. The Bertz CT molecular complexity index is 864. The molecule has 2 rings (SSSR count). The van der Waals surface area contributed by atoms with Crippen molar-refractivity contribution in [3.63, 3.8) is 0 Å². The van der Waals surface area contributed by atoms with Crippen LogP contribution in [0, 0.1) is 5.41 Å². The predicted molar refractivity (Wildman–Crippen MR) is 98.7 cm³/mol. The minimum atomic E-state index is -4.62. The Morgan fingerprint density at radius 1 is 0.964 bits per heavy atom. The summed E-state index contributed by atoms with van der Waals surface area (Å²) in [5, 5.41) is 4.84. The number of carbonyl (C=O) groups is 2. The summed E-state index contributed by atoms with van der Waals surface area (Å²) in [5.41, 5.74) is -2.27. The molecule has 0 aliphatic rings. The molecule has 0 heterocycles. The van der Waals surface area contributed by atoms with Gasteiger partial charge in [0.15, 0.2) is 0 Å². The molecule has 0 fully saturated rings. The predicted octanol–water partition coefficient (Wildman–Crippen LogP) is 4.00. The van der Waals surface area contributed by atoms with E-state index in [4.69, 9.17) is 4.74 Å². The highest BCUT2D eigenvalue weighted by molar-refractivity contribution is 6.10. The van der Waals surface area contributed by atoms with Gasteiger partial charge in [0.1, 0.15) is 11.2 Å². The molecule has 0 saturated heterocycles. The molecule has 0 aromatic heterocycles. The lowest BCUT2D eigenvalue weighted by Crippen LogP contribution is -2.45. The maximum absolute atomic E-state index is 13.1. The molecule has 0 unspecified atom stereocenters. The number of ether oxygens (including phenoxy) is 1. The second-order valence-electron chi connectivity index (χ2n) is 6.62. The molecule has 0 atom stereocenters. The van der Waals surface area contributed by atoms with E-state index in [2.05, 4.69) is 10.6 Å². The van der Waals surface area contributed by atoms with Crippen molar-refractivity contribution in [2.45, 2.75) is 26.6 Å². The van der Waals surface area contributed by atoms with Crippen LogP contribution >= 0.6 is 0 Å². The molecule has 150 valence electrons. The van der Waals surface area contributed by atoms with Gasteiger partial charge in [-0.25, -0.2) is 0 Å². The van der Waals surface area contributed by atoms with Gasteiger partial charge in [0, 0.05) is 12.1 Å². The molecule has 28 heavy (non-hydrogen) atoms. The topological polar surface area (TPSA) is 67.4 Å². The smallest absolute Gasteiger partial charge is 0.418 e. The first-order chi connectivity index (χ1) is 13.1. The number of methoxy groups -OCH3 is 1. The Hall–Kier alpha value is -3.03. The summed E-state index contributed by atoms with van der Waals surface area (Å²) in [4.78, 5) is 25.0. The Labute approximate surface area is 160 Å². The standard InChI is InChI=1S/C20H21F3N2O3/c1-19(2,17(26)24-12-13-8-4-7-11-16(13)28-3)18(27)25-15-10-6-5-9-14(15)20(21,22)23/h4-11H,12H2,1-3H3,(H,24,26)(H,25,27). The highest BCUT2D eigenvalue weighted by Crippen LogP contribution is 2.35. The Morgan fingerprint density at radius 2 is 1.57 bits per heavy atom. The Morgan fingerprint density at radius 3 is 2.21 bits per heavy atom. The molecule has 8 heteroatoms. The zero-order chi connectivity index (χ0) is 20.9. The number of nitrogens with one attached hydrogen (secondary N) is 2. The van der Waals surface area contributed by atoms with E-state index in [1.54, 1.807) is 24.3 Å². The van der Waals surface area contributed by atoms with E-state index in [0.29, 0.717) is 11.3 Å². The molecule has 5 nitrogen and oxygen atoms in total. The first-order valence-electron chi connectivity index (χ1n) is 8.45. The Balaban J connectivity index is 2.11. The summed E-state index contributed by atoms with van der Waals surface area (Å²) in [6, 6.07) is 11.6. The highest BCUT2D eigenvalue weighted by Gasteiger charge is 2.38. The summed E-state index contributed by atoms with van der Waals surface area (Å²) in [6.07, 6.45) is -4.62. The number of halogens is 3. The molecule has 0 aliphatic heterocycles. The summed E-state index contributed by atoms with van der Waals surface area (Å²) < 4.78 is 44.5. The monoisotopic (exact) mass is 394 g/mol. The SMILES string of the molecule is COc1ccccc1CNC(=O)C(C)(C)C(=O)Nc1ccccc1C(F)(F)F. The van der Waals surface area contributed by atoms with Crippen molar-refractivity contribution >= 4 is 17.5 Å². The van der Waals surface area contributed by atoms with Crippen LogP contribution < -0.4 is 15.4 Å². The zero-order valence-electron chi connectivity index (χ0n) is 15.7. The zero-order valence-corrected chi connectivity index (χ0v) is 15.7. The number of benzene rings is 2. The first kappa shape index (κ1) is 21.3. The quantitative estimate of drug-likeness (QED) is 0.728. The summed E-state index contributed by atoms with van der Waals surface area (Å²) in [6.45, 7) is 2.80. The fraction of sp³-hybridized carbons (Fsp3) is 0.300. The molecule has 2 N–H and O–H groups in total. The van der Waals surface area contributed by atoms with Gasteiger partial charge in [-0.15, -0.1) is 0 Å². The van der Waals surface area contributed by atoms with Gasteiger partial charge in [-0.2, -0.15) is 13.2 Å². The van der Waals surface area contributed by atoms with Gasteiger partial charge in [0.05, 0.1) is 18.4 Å². The first-order valence-corrected chi connectivity index (χ1v) is 8.45. The van der Waals surface area contributed by atoms with Crippen LogP contribution in [0.1, 0.15) is 25.0 Å². The molecule has 0 saturated carbocycles. The van der Waals surface area contributed by atoms with Crippen LogP contribution in [0.3, 0.4) is 0 Å². The van der Waals surface area contributed by atoms with E-state index in [1.165, 1.54) is 33.1 Å². The summed E-state index contributed by atoms with van der Waals surface area (Å²) >= 11 is 0. The molecule has 0 radical (unpaired) electrons. The number of hydrogen-bond donors (Lipinski definition) is 2. The number of para-hydroxylation sites is 2. The number of amides is 2. The van der Waals surface area contributed by atoms with E-state index in [9.17, 15) is 22.8 Å². The van der Waals surface area contributed by atoms with E-state index >= 15 is 0 Å². The fourth-order valence-corrected chi connectivity index (χ4v) is 2.47. The van der Waals surface area contributed by atoms with Crippen LogP contribution in [-0.2, 0) is 22.3 Å². The summed E-state index contributed by atoms with van der Waals surface area (Å²) in [5.74, 6) is -0.897. The second-order valence-corrected chi connectivity index (χ2v) is 6.62. The van der Waals surface area contributed by atoms with E-state index < -0.39 is 34.7 Å². The summed E-state index contributed by atoms with van der Waals surface area (Å²) in [7, 11) is 1.50. The van der Waals surface area contributed by atoms with Gasteiger partial charge in [-0.3, -0.25) is 9.59 Å². The van der Waals surface area contributed by atoms with Gasteiger partial charge in [0.2, 0.25) is 11.8 Å². The number of carbonyl (C=O) groups excluding carboxylic acids is 2. The van der Waals surface area contributed by atoms with Crippen LogP contribution in [0.15, 0.2) is 48.5 Å². The van der Waals surface area contributed by atoms with Crippen LogP contribution in [0.5, 0.6) is 5.75 Å². The van der Waals surface area contributed by atoms with Gasteiger partial charge in [-0.05, 0) is 32.0 Å². The third-order valence-corrected chi connectivity index (χ3v) is 4.25. The van der Waals surface area contributed by atoms with Gasteiger partial charge in [-0.1, -0.05) is 30.3 Å². The van der Waals surface area contributed by atoms with Crippen molar-refractivity contribution < 1.29 is 27.5 Å². The maximum Gasteiger partial charge on any atom is 0.418 e. The van der Waals surface area contributed by atoms with Crippen LogP contribution in [-0.4, -0.2) is 18.9 Å². The molecule has 0 spiro atoms. The molecule has 2 amide bonds. The minimum Gasteiger partial charge on any atom is -0.496 e. The van der Waals surface area contributed by atoms with E-state index in [-0.39, 0.29) is 6.54 Å². The minimum absolute atomic E-state index is 0.110.